The molecule has 0 aliphatic carbocycles. The van der Waals surface area contributed by atoms with Crippen molar-refractivity contribution < 1.29 is 9.53 Å². The Balaban J connectivity index is 0.00000264. The number of nitrogens with zero attached hydrogens (tertiary/aromatic N) is 1. The van der Waals surface area contributed by atoms with Gasteiger partial charge in [0.05, 0.1) is 19.3 Å². The SMILES string of the molecule is CCC(C)C(N)C(=O)N1CCC(COCc2ccccc2)C1.Cl. The molecule has 4 nitrogen and oxygen atoms in total. The van der Waals surface area contributed by atoms with Crippen molar-refractivity contribution >= 4 is 18.3 Å². The summed E-state index contributed by atoms with van der Waals surface area (Å²) in [6.45, 7) is 7.04. The molecule has 1 aliphatic heterocycles. The summed E-state index contributed by atoms with van der Waals surface area (Å²) >= 11 is 0. The number of carbonyl (C=O) groups is 1. The highest BCUT2D eigenvalue weighted by molar-refractivity contribution is 5.85. The molecule has 2 N–H and O–H groups in total. The van der Waals surface area contributed by atoms with E-state index in [4.69, 9.17) is 10.5 Å². The van der Waals surface area contributed by atoms with E-state index < -0.39 is 0 Å². The van der Waals surface area contributed by atoms with Crippen LogP contribution in [0.5, 0.6) is 0 Å². The zero-order valence-corrected chi connectivity index (χ0v) is 14.9. The molecule has 0 saturated carbocycles. The number of likely N-dealkylation sites (tertiary alicyclic amines) is 1. The minimum atomic E-state index is -0.367. The summed E-state index contributed by atoms with van der Waals surface area (Å²) in [7, 11) is 0. The molecule has 3 atom stereocenters. The van der Waals surface area contributed by atoms with E-state index in [1.807, 2.05) is 30.0 Å². The molecule has 1 aliphatic rings. The molecule has 0 radical (unpaired) electrons. The molecular formula is C18H29ClN2O2. The van der Waals surface area contributed by atoms with Crippen LogP contribution in [0, 0.1) is 11.8 Å². The quantitative estimate of drug-likeness (QED) is 0.830. The fraction of sp³-hybridized carbons (Fsp3) is 0.611. The van der Waals surface area contributed by atoms with Gasteiger partial charge in [-0.05, 0) is 17.9 Å². The summed E-state index contributed by atoms with van der Waals surface area (Å²) in [6.07, 6.45) is 1.94. The van der Waals surface area contributed by atoms with Gasteiger partial charge in [-0.3, -0.25) is 4.79 Å². The van der Waals surface area contributed by atoms with Crippen molar-refractivity contribution in [1.82, 2.24) is 4.90 Å². The van der Waals surface area contributed by atoms with Crippen LogP contribution in [0.25, 0.3) is 0 Å². The van der Waals surface area contributed by atoms with Crippen molar-refractivity contribution in [3.63, 3.8) is 0 Å². The topological polar surface area (TPSA) is 55.6 Å². The summed E-state index contributed by atoms with van der Waals surface area (Å²) < 4.78 is 5.79. The molecule has 0 bridgehead atoms. The average Bonchev–Trinajstić information content (AvgIpc) is 3.02. The molecule has 1 amide bonds. The van der Waals surface area contributed by atoms with Gasteiger partial charge in [0, 0.05) is 19.0 Å². The number of carbonyl (C=O) groups excluding carboxylic acids is 1. The first-order valence-corrected chi connectivity index (χ1v) is 8.27. The molecule has 130 valence electrons. The molecule has 0 aromatic heterocycles. The van der Waals surface area contributed by atoms with Crippen LogP contribution in [0.15, 0.2) is 30.3 Å². The number of hydrogen-bond donors (Lipinski definition) is 1. The van der Waals surface area contributed by atoms with Gasteiger partial charge in [-0.25, -0.2) is 0 Å². The number of halogens is 1. The van der Waals surface area contributed by atoms with E-state index in [0.29, 0.717) is 19.1 Å². The van der Waals surface area contributed by atoms with Crippen LogP contribution in [-0.4, -0.2) is 36.5 Å². The Bertz CT molecular complexity index is 469. The summed E-state index contributed by atoms with van der Waals surface area (Å²) in [5.74, 6) is 0.762. The highest BCUT2D eigenvalue weighted by Gasteiger charge is 2.31. The third-order valence-corrected chi connectivity index (χ3v) is 4.60. The lowest BCUT2D eigenvalue weighted by Crippen LogP contribution is -2.46. The second-order valence-electron chi connectivity index (χ2n) is 6.35. The van der Waals surface area contributed by atoms with E-state index in [-0.39, 0.29) is 30.3 Å². The van der Waals surface area contributed by atoms with Crippen LogP contribution >= 0.6 is 12.4 Å². The highest BCUT2D eigenvalue weighted by atomic mass is 35.5. The van der Waals surface area contributed by atoms with E-state index in [9.17, 15) is 4.79 Å². The van der Waals surface area contributed by atoms with Crippen LogP contribution in [-0.2, 0) is 16.1 Å². The van der Waals surface area contributed by atoms with Crippen molar-refractivity contribution in [3.8, 4) is 0 Å². The van der Waals surface area contributed by atoms with Gasteiger partial charge in [0.1, 0.15) is 0 Å². The molecule has 1 heterocycles. The Morgan fingerprint density at radius 2 is 2.09 bits per heavy atom. The van der Waals surface area contributed by atoms with Gasteiger partial charge in [0.25, 0.3) is 0 Å². The second-order valence-corrected chi connectivity index (χ2v) is 6.35. The highest BCUT2D eigenvalue weighted by Crippen LogP contribution is 2.19. The van der Waals surface area contributed by atoms with Gasteiger partial charge in [0.2, 0.25) is 5.91 Å². The zero-order chi connectivity index (χ0) is 15.9. The van der Waals surface area contributed by atoms with Crippen LogP contribution in [0.1, 0.15) is 32.3 Å². The van der Waals surface area contributed by atoms with Gasteiger partial charge in [-0.1, -0.05) is 50.6 Å². The lowest BCUT2D eigenvalue weighted by atomic mass is 9.99. The molecule has 1 aromatic carbocycles. The van der Waals surface area contributed by atoms with Gasteiger partial charge in [-0.2, -0.15) is 0 Å². The Morgan fingerprint density at radius 1 is 1.39 bits per heavy atom. The van der Waals surface area contributed by atoms with Crippen molar-refractivity contribution in [3.05, 3.63) is 35.9 Å². The number of hydrogen-bond acceptors (Lipinski definition) is 3. The minimum absolute atomic E-state index is 0. The van der Waals surface area contributed by atoms with Gasteiger partial charge < -0.3 is 15.4 Å². The lowest BCUT2D eigenvalue weighted by Gasteiger charge is -2.24. The maximum absolute atomic E-state index is 12.3. The summed E-state index contributed by atoms with van der Waals surface area (Å²) in [6, 6.07) is 9.81. The smallest absolute Gasteiger partial charge is 0.239 e. The molecule has 1 fully saturated rings. The summed E-state index contributed by atoms with van der Waals surface area (Å²) in [5.41, 5.74) is 7.24. The first-order chi connectivity index (χ1) is 10.6. The molecule has 2 rings (SSSR count). The van der Waals surface area contributed by atoms with Crippen LogP contribution in [0.3, 0.4) is 0 Å². The predicted octanol–water partition coefficient (Wildman–Crippen LogP) is 2.85. The van der Waals surface area contributed by atoms with Crippen molar-refractivity contribution in [1.29, 1.82) is 0 Å². The molecular weight excluding hydrogens is 312 g/mol. The lowest BCUT2D eigenvalue weighted by molar-refractivity contribution is -0.132. The number of rotatable bonds is 7. The Labute approximate surface area is 145 Å². The van der Waals surface area contributed by atoms with Crippen molar-refractivity contribution in [2.45, 2.75) is 39.3 Å². The number of ether oxygens (including phenoxy) is 1. The van der Waals surface area contributed by atoms with Crippen LogP contribution < -0.4 is 5.73 Å². The monoisotopic (exact) mass is 340 g/mol. The molecule has 1 aromatic rings. The van der Waals surface area contributed by atoms with E-state index in [0.717, 1.165) is 25.9 Å². The number of amides is 1. The van der Waals surface area contributed by atoms with E-state index in [1.54, 1.807) is 0 Å². The Hall–Kier alpha value is -1.10. The fourth-order valence-corrected chi connectivity index (χ4v) is 2.79. The van der Waals surface area contributed by atoms with Gasteiger partial charge in [-0.15, -0.1) is 12.4 Å². The predicted molar refractivity (Wildman–Crippen MR) is 95.5 cm³/mol. The summed E-state index contributed by atoms with van der Waals surface area (Å²) in [5, 5.41) is 0. The van der Waals surface area contributed by atoms with Gasteiger partial charge in [0.15, 0.2) is 0 Å². The minimum Gasteiger partial charge on any atom is -0.376 e. The normalized spacial score (nSPS) is 20.0. The number of benzene rings is 1. The van der Waals surface area contributed by atoms with Gasteiger partial charge >= 0.3 is 0 Å². The van der Waals surface area contributed by atoms with Crippen LogP contribution in [0.4, 0.5) is 0 Å². The fourth-order valence-electron chi connectivity index (χ4n) is 2.79. The Kier molecular flexibility index (Phi) is 8.59. The van der Waals surface area contributed by atoms with Crippen molar-refractivity contribution in [2.75, 3.05) is 19.7 Å². The molecule has 1 saturated heterocycles. The third-order valence-electron chi connectivity index (χ3n) is 4.60. The Morgan fingerprint density at radius 3 is 2.74 bits per heavy atom. The first-order valence-electron chi connectivity index (χ1n) is 8.27. The maximum Gasteiger partial charge on any atom is 0.239 e. The molecule has 23 heavy (non-hydrogen) atoms. The van der Waals surface area contributed by atoms with E-state index >= 15 is 0 Å². The third kappa shape index (κ3) is 5.79. The summed E-state index contributed by atoms with van der Waals surface area (Å²) in [4.78, 5) is 14.3. The average molecular weight is 341 g/mol. The zero-order valence-electron chi connectivity index (χ0n) is 14.1. The maximum atomic E-state index is 12.3. The number of nitrogens with two attached hydrogens (primary N) is 1. The standard InChI is InChI=1S/C18H28N2O2.ClH/c1-3-14(2)17(19)18(21)20-10-9-16(11-20)13-22-12-15-7-5-4-6-8-15;/h4-8,14,16-17H,3,9-13,19H2,1-2H3;1H. The molecule has 0 spiro atoms. The first kappa shape index (κ1) is 19.9. The van der Waals surface area contributed by atoms with Crippen LogP contribution in [0.2, 0.25) is 0 Å². The second kappa shape index (κ2) is 9.91. The largest absolute Gasteiger partial charge is 0.376 e. The van der Waals surface area contributed by atoms with E-state index in [2.05, 4.69) is 19.1 Å². The van der Waals surface area contributed by atoms with E-state index in [1.165, 1.54) is 5.56 Å². The van der Waals surface area contributed by atoms with Crippen molar-refractivity contribution in [2.24, 2.45) is 17.6 Å². The molecule has 3 unspecified atom stereocenters. The molecule has 5 heteroatoms.